The van der Waals surface area contributed by atoms with Gasteiger partial charge in [-0.05, 0) is 73.9 Å². The third-order valence-electron chi connectivity index (χ3n) is 6.86. The summed E-state index contributed by atoms with van der Waals surface area (Å²) in [5, 5.41) is 3.62. The Morgan fingerprint density at radius 1 is 0.974 bits per heavy atom. The Balaban J connectivity index is 1.66. The number of hydrogen-bond acceptors (Lipinski definition) is 4. The number of carbonyl (C=O) groups excluding carboxylic acids is 2. The van der Waals surface area contributed by atoms with Crippen molar-refractivity contribution in [3.63, 3.8) is 0 Å². The number of sulfonamides is 1. The van der Waals surface area contributed by atoms with Crippen LogP contribution in [0.1, 0.15) is 38.2 Å². The summed E-state index contributed by atoms with van der Waals surface area (Å²) in [7, 11) is -4.09. The molecule has 0 aliphatic heterocycles. The number of carbonyl (C=O) groups is 2. The lowest BCUT2D eigenvalue weighted by Crippen LogP contribution is -2.52. The van der Waals surface area contributed by atoms with E-state index in [2.05, 4.69) is 21.2 Å². The van der Waals surface area contributed by atoms with Crippen molar-refractivity contribution in [2.75, 3.05) is 10.8 Å². The van der Waals surface area contributed by atoms with Crippen molar-refractivity contribution in [2.45, 2.75) is 56.1 Å². The quantitative estimate of drug-likeness (QED) is 0.307. The van der Waals surface area contributed by atoms with E-state index in [0.717, 1.165) is 40.0 Å². The van der Waals surface area contributed by atoms with Crippen molar-refractivity contribution in [3.05, 3.63) is 93.9 Å². The molecule has 1 saturated carbocycles. The Morgan fingerprint density at radius 2 is 1.59 bits per heavy atom. The van der Waals surface area contributed by atoms with Crippen LogP contribution in [0.5, 0.6) is 0 Å². The summed E-state index contributed by atoms with van der Waals surface area (Å²) in [6, 6.07) is 21.0. The highest BCUT2D eigenvalue weighted by molar-refractivity contribution is 9.10. The molecule has 10 heteroatoms. The zero-order chi connectivity index (χ0) is 28.0. The average Bonchev–Trinajstić information content (AvgIpc) is 3.45. The maximum atomic E-state index is 13.9. The van der Waals surface area contributed by atoms with E-state index >= 15 is 0 Å². The third-order valence-corrected chi connectivity index (χ3v) is 9.43. The molecule has 0 unspecified atom stereocenters. The summed E-state index contributed by atoms with van der Waals surface area (Å²) in [4.78, 5) is 28.7. The Bertz CT molecular complexity index is 1380. The summed E-state index contributed by atoms with van der Waals surface area (Å²) >= 11 is 9.43. The molecule has 0 heterocycles. The Labute approximate surface area is 243 Å². The number of benzene rings is 3. The molecular formula is C29H31BrClN3O4S. The number of hydrogen-bond donors (Lipinski definition) is 1. The lowest BCUT2D eigenvalue weighted by atomic mass is 10.1. The van der Waals surface area contributed by atoms with Gasteiger partial charge in [0.2, 0.25) is 11.8 Å². The molecule has 0 saturated heterocycles. The van der Waals surface area contributed by atoms with Gasteiger partial charge in [-0.2, -0.15) is 0 Å². The van der Waals surface area contributed by atoms with E-state index in [1.165, 1.54) is 17.0 Å². The van der Waals surface area contributed by atoms with Gasteiger partial charge in [0.1, 0.15) is 12.6 Å². The molecule has 0 aromatic heterocycles. The first-order valence-corrected chi connectivity index (χ1v) is 15.4. The van der Waals surface area contributed by atoms with Gasteiger partial charge in [0.05, 0.1) is 10.6 Å². The normalized spacial score (nSPS) is 14.5. The van der Waals surface area contributed by atoms with Gasteiger partial charge in [-0.3, -0.25) is 13.9 Å². The van der Waals surface area contributed by atoms with Crippen LogP contribution in [0.3, 0.4) is 0 Å². The number of amides is 2. The average molecular weight is 633 g/mol. The molecular weight excluding hydrogens is 602 g/mol. The first-order chi connectivity index (χ1) is 18.6. The molecule has 1 fully saturated rings. The topological polar surface area (TPSA) is 86.8 Å². The van der Waals surface area contributed by atoms with Crippen LogP contribution in [0.2, 0.25) is 5.02 Å². The molecule has 0 bridgehead atoms. The molecule has 2 amide bonds. The molecule has 39 heavy (non-hydrogen) atoms. The molecule has 4 rings (SSSR count). The highest BCUT2D eigenvalue weighted by Crippen LogP contribution is 2.26. The lowest BCUT2D eigenvalue weighted by molar-refractivity contribution is -0.139. The van der Waals surface area contributed by atoms with Crippen molar-refractivity contribution in [3.8, 4) is 0 Å². The second-order valence-corrected chi connectivity index (χ2v) is 12.8. The molecule has 3 aromatic carbocycles. The predicted octanol–water partition coefficient (Wildman–Crippen LogP) is 5.77. The van der Waals surface area contributed by atoms with Gasteiger partial charge in [-0.25, -0.2) is 8.42 Å². The molecule has 1 aliphatic rings. The smallest absolute Gasteiger partial charge is 0.264 e. The Hall–Kier alpha value is -2.88. The summed E-state index contributed by atoms with van der Waals surface area (Å²) in [5.74, 6) is -0.758. The van der Waals surface area contributed by atoms with Crippen LogP contribution in [-0.2, 0) is 26.2 Å². The minimum Gasteiger partial charge on any atom is -0.352 e. The van der Waals surface area contributed by atoms with E-state index in [9.17, 15) is 18.0 Å². The van der Waals surface area contributed by atoms with Crippen molar-refractivity contribution < 1.29 is 18.0 Å². The molecule has 0 spiro atoms. The van der Waals surface area contributed by atoms with E-state index in [1.54, 1.807) is 73.7 Å². The number of nitrogens with zero attached hydrogens (tertiary/aromatic N) is 2. The van der Waals surface area contributed by atoms with Crippen LogP contribution in [-0.4, -0.2) is 43.8 Å². The summed E-state index contributed by atoms with van der Waals surface area (Å²) < 4.78 is 29.4. The SMILES string of the molecule is C[C@H](C(=O)NC1CCCC1)N(Cc1ccc(Cl)cc1)C(=O)CN(c1ccc(Br)cc1)S(=O)(=O)c1ccccc1. The van der Waals surface area contributed by atoms with E-state index < -0.39 is 28.5 Å². The van der Waals surface area contributed by atoms with Gasteiger partial charge in [0.25, 0.3) is 10.0 Å². The largest absolute Gasteiger partial charge is 0.352 e. The molecule has 7 nitrogen and oxygen atoms in total. The van der Waals surface area contributed by atoms with E-state index in [1.807, 2.05) is 0 Å². The van der Waals surface area contributed by atoms with Crippen molar-refractivity contribution in [1.29, 1.82) is 0 Å². The highest BCUT2D eigenvalue weighted by Gasteiger charge is 2.33. The van der Waals surface area contributed by atoms with Crippen molar-refractivity contribution >= 4 is 55.1 Å². The van der Waals surface area contributed by atoms with Gasteiger partial charge in [-0.15, -0.1) is 0 Å². The zero-order valence-corrected chi connectivity index (χ0v) is 24.8. The second kappa shape index (κ2) is 13.0. The summed E-state index contributed by atoms with van der Waals surface area (Å²) in [6.07, 6.45) is 3.95. The monoisotopic (exact) mass is 631 g/mol. The summed E-state index contributed by atoms with van der Waals surface area (Å²) in [6.45, 7) is 1.32. The van der Waals surface area contributed by atoms with Crippen LogP contribution >= 0.6 is 27.5 Å². The van der Waals surface area contributed by atoms with Crippen LogP contribution in [0, 0.1) is 0 Å². The van der Waals surface area contributed by atoms with E-state index in [-0.39, 0.29) is 23.4 Å². The Morgan fingerprint density at radius 3 is 2.21 bits per heavy atom. The van der Waals surface area contributed by atoms with Crippen LogP contribution in [0.25, 0.3) is 0 Å². The standard InChI is InChI=1S/C29H31BrClN3O4S/c1-21(29(36)32-25-7-5-6-8-25)33(19-22-11-15-24(31)16-12-22)28(35)20-34(26-17-13-23(30)14-18-26)39(37,38)27-9-3-2-4-10-27/h2-4,9-18,21,25H,5-8,19-20H2,1H3,(H,32,36)/t21-/m1/s1. The Kier molecular flexibility index (Phi) is 9.69. The number of halogens is 2. The van der Waals surface area contributed by atoms with E-state index in [4.69, 9.17) is 11.6 Å². The molecule has 0 radical (unpaired) electrons. The minimum atomic E-state index is -4.09. The maximum absolute atomic E-state index is 13.9. The summed E-state index contributed by atoms with van der Waals surface area (Å²) in [5.41, 5.74) is 1.11. The van der Waals surface area contributed by atoms with Crippen LogP contribution in [0.15, 0.2) is 88.2 Å². The number of nitrogens with one attached hydrogen (secondary N) is 1. The van der Waals surface area contributed by atoms with Gasteiger partial charge < -0.3 is 10.2 Å². The fourth-order valence-corrected chi connectivity index (χ4v) is 6.44. The van der Waals surface area contributed by atoms with Gasteiger partial charge in [0.15, 0.2) is 0 Å². The molecule has 1 aliphatic carbocycles. The molecule has 1 N–H and O–H groups in total. The zero-order valence-electron chi connectivity index (χ0n) is 21.6. The molecule has 3 aromatic rings. The van der Waals surface area contributed by atoms with Gasteiger partial charge in [0, 0.05) is 22.1 Å². The highest BCUT2D eigenvalue weighted by atomic mass is 79.9. The first-order valence-electron chi connectivity index (χ1n) is 12.8. The van der Waals surface area contributed by atoms with Crippen LogP contribution in [0.4, 0.5) is 5.69 Å². The molecule has 206 valence electrons. The fraction of sp³-hybridized carbons (Fsp3) is 0.310. The number of anilines is 1. The van der Waals surface area contributed by atoms with Gasteiger partial charge >= 0.3 is 0 Å². The lowest BCUT2D eigenvalue weighted by Gasteiger charge is -2.32. The fourth-order valence-electron chi connectivity index (χ4n) is 4.62. The number of rotatable bonds is 10. The second-order valence-electron chi connectivity index (χ2n) is 9.62. The van der Waals surface area contributed by atoms with Crippen LogP contribution < -0.4 is 9.62 Å². The van der Waals surface area contributed by atoms with Crippen molar-refractivity contribution in [2.24, 2.45) is 0 Å². The maximum Gasteiger partial charge on any atom is 0.264 e. The molecule has 1 atom stereocenters. The van der Waals surface area contributed by atoms with Crippen molar-refractivity contribution in [1.82, 2.24) is 10.2 Å². The third kappa shape index (κ3) is 7.41. The van der Waals surface area contributed by atoms with Gasteiger partial charge in [-0.1, -0.05) is 70.7 Å². The minimum absolute atomic E-state index is 0.0667. The first kappa shape index (κ1) is 29.1. The van der Waals surface area contributed by atoms with E-state index in [0.29, 0.717) is 10.7 Å². The predicted molar refractivity (Wildman–Crippen MR) is 157 cm³/mol.